The molecule has 2 N–H and O–H groups in total. The molecule has 0 bridgehead atoms. The first kappa shape index (κ1) is 23.4. The highest BCUT2D eigenvalue weighted by Gasteiger charge is 2.35. The van der Waals surface area contributed by atoms with Gasteiger partial charge in [0.1, 0.15) is 17.1 Å². The predicted molar refractivity (Wildman–Crippen MR) is 121 cm³/mol. The third-order valence-electron chi connectivity index (χ3n) is 4.95. The molecule has 0 aliphatic rings. The first-order chi connectivity index (χ1) is 15.2. The molecule has 8 heteroatoms. The Kier molecular flexibility index (Phi) is 7.22. The Bertz CT molecular complexity index is 1040. The van der Waals surface area contributed by atoms with E-state index in [0.717, 1.165) is 12.6 Å². The Morgan fingerprint density at radius 2 is 1.66 bits per heavy atom. The number of anilines is 4. The van der Waals surface area contributed by atoms with Gasteiger partial charge in [-0.3, -0.25) is 0 Å². The fourth-order valence-electron chi connectivity index (χ4n) is 3.06. The van der Waals surface area contributed by atoms with Crippen LogP contribution in [-0.4, -0.2) is 16.1 Å². The van der Waals surface area contributed by atoms with E-state index < -0.39 is 11.7 Å². The molecule has 0 saturated heterocycles. The molecule has 0 amide bonds. The van der Waals surface area contributed by atoms with Crippen LogP contribution in [0.5, 0.6) is 5.75 Å². The van der Waals surface area contributed by atoms with Crippen molar-refractivity contribution in [2.75, 3.05) is 10.6 Å². The molecule has 0 aliphatic heterocycles. The first-order valence-electron chi connectivity index (χ1n) is 10.5. The number of rotatable bonds is 8. The second-order valence-electron chi connectivity index (χ2n) is 7.80. The van der Waals surface area contributed by atoms with E-state index in [9.17, 15) is 13.2 Å². The molecule has 32 heavy (non-hydrogen) atoms. The molecular formula is C24H27F3N4O. The summed E-state index contributed by atoms with van der Waals surface area (Å²) < 4.78 is 46.5. The van der Waals surface area contributed by atoms with E-state index >= 15 is 0 Å². The fraction of sp³-hybridized carbons (Fsp3) is 0.333. The molecule has 3 aromatic rings. The van der Waals surface area contributed by atoms with Gasteiger partial charge in [-0.15, -0.1) is 0 Å². The van der Waals surface area contributed by atoms with E-state index in [1.165, 1.54) is 5.56 Å². The van der Waals surface area contributed by atoms with Gasteiger partial charge >= 0.3 is 6.18 Å². The normalized spacial score (nSPS) is 12.5. The van der Waals surface area contributed by atoms with E-state index in [0.29, 0.717) is 23.0 Å². The average Bonchev–Trinajstić information content (AvgIpc) is 2.74. The van der Waals surface area contributed by atoms with Crippen molar-refractivity contribution < 1.29 is 17.9 Å². The standard InChI is InChI=1S/C24H27F3N4O/c1-5-16(4)17-10-12-18(13-11-17)29-23-28-14-19(24(25,26)27)22(31-23)30-20-8-6-7-9-21(20)32-15(2)3/h6-16H,5H2,1-4H3,(H2,28,29,30,31). The van der Waals surface area contributed by atoms with Gasteiger partial charge in [-0.2, -0.15) is 18.2 Å². The van der Waals surface area contributed by atoms with Crippen molar-refractivity contribution in [1.82, 2.24) is 9.97 Å². The molecule has 1 heterocycles. The molecule has 0 saturated carbocycles. The minimum atomic E-state index is -4.62. The topological polar surface area (TPSA) is 59.1 Å². The third kappa shape index (κ3) is 5.90. The van der Waals surface area contributed by atoms with Crippen LogP contribution in [0.15, 0.2) is 54.7 Å². The van der Waals surface area contributed by atoms with E-state index in [-0.39, 0.29) is 17.9 Å². The van der Waals surface area contributed by atoms with Gasteiger partial charge in [0.15, 0.2) is 0 Å². The van der Waals surface area contributed by atoms with Gasteiger partial charge < -0.3 is 15.4 Å². The largest absolute Gasteiger partial charge is 0.489 e. The van der Waals surface area contributed by atoms with Crippen LogP contribution < -0.4 is 15.4 Å². The summed E-state index contributed by atoms with van der Waals surface area (Å²) in [4.78, 5) is 7.99. The SMILES string of the molecule is CCC(C)c1ccc(Nc2ncc(C(F)(F)F)c(Nc3ccccc3OC(C)C)n2)cc1. The van der Waals surface area contributed by atoms with Gasteiger partial charge in [0.2, 0.25) is 5.95 Å². The highest BCUT2D eigenvalue weighted by atomic mass is 19.4. The second-order valence-corrected chi connectivity index (χ2v) is 7.80. The molecular weight excluding hydrogens is 417 g/mol. The van der Waals surface area contributed by atoms with Crippen molar-refractivity contribution >= 4 is 23.1 Å². The van der Waals surface area contributed by atoms with Crippen molar-refractivity contribution in [3.63, 3.8) is 0 Å². The van der Waals surface area contributed by atoms with Gasteiger partial charge in [-0.25, -0.2) is 4.98 Å². The molecule has 1 unspecified atom stereocenters. The van der Waals surface area contributed by atoms with Crippen LogP contribution in [0.4, 0.5) is 36.3 Å². The number of halogens is 3. The lowest BCUT2D eigenvalue weighted by molar-refractivity contribution is -0.137. The fourth-order valence-corrected chi connectivity index (χ4v) is 3.06. The maximum absolute atomic E-state index is 13.6. The van der Waals surface area contributed by atoms with E-state index in [1.54, 1.807) is 24.3 Å². The molecule has 2 aromatic carbocycles. The van der Waals surface area contributed by atoms with Gasteiger partial charge in [0, 0.05) is 11.9 Å². The Morgan fingerprint density at radius 3 is 2.28 bits per heavy atom. The lowest BCUT2D eigenvalue weighted by Crippen LogP contribution is -2.13. The van der Waals surface area contributed by atoms with E-state index in [2.05, 4.69) is 34.4 Å². The Balaban J connectivity index is 1.91. The van der Waals surface area contributed by atoms with Crippen LogP contribution >= 0.6 is 0 Å². The number of hydrogen-bond acceptors (Lipinski definition) is 5. The second kappa shape index (κ2) is 9.89. The van der Waals surface area contributed by atoms with Gasteiger partial charge in [0.05, 0.1) is 11.8 Å². The number of aromatic nitrogens is 2. The summed E-state index contributed by atoms with van der Waals surface area (Å²) in [6, 6.07) is 14.5. The predicted octanol–water partition coefficient (Wildman–Crippen LogP) is 7.28. The molecule has 5 nitrogen and oxygen atoms in total. The third-order valence-corrected chi connectivity index (χ3v) is 4.95. The lowest BCUT2D eigenvalue weighted by Gasteiger charge is -2.18. The highest BCUT2D eigenvalue weighted by molar-refractivity contribution is 5.67. The molecule has 0 fully saturated rings. The van der Waals surface area contributed by atoms with Gasteiger partial charge in [0.25, 0.3) is 0 Å². The number of alkyl halides is 3. The molecule has 0 radical (unpaired) electrons. The number of para-hydroxylation sites is 2. The number of ether oxygens (including phenoxy) is 1. The highest BCUT2D eigenvalue weighted by Crippen LogP contribution is 2.37. The Morgan fingerprint density at radius 1 is 0.969 bits per heavy atom. The molecule has 0 aliphatic carbocycles. The lowest BCUT2D eigenvalue weighted by atomic mass is 9.99. The smallest absolute Gasteiger partial charge is 0.421 e. The Hall–Kier alpha value is -3.29. The van der Waals surface area contributed by atoms with Crippen molar-refractivity contribution in [2.45, 2.75) is 52.3 Å². The minimum Gasteiger partial charge on any atom is -0.489 e. The molecule has 3 rings (SSSR count). The number of nitrogens with one attached hydrogen (secondary N) is 2. The van der Waals surface area contributed by atoms with Crippen molar-refractivity contribution in [2.24, 2.45) is 0 Å². The van der Waals surface area contributed by atoms with E-state index in [1.807, 2.05) is 38.1 Å². The first-order valence-corrected chi connectivity index (χ1v) is 10.5. The molecule has 1 atom stereocenters. The zero-order valence-corrected chi connectivity index (χ0v) is 18.5. The van der Waals surface area contributed by atoms with Crippen molar-refractivity contribution in [3.8, 4) is 5.75 Å². The molecule has 0 spiro atoms. The quantitative estimate of drug-likeness (QED) is 0.382. The maximum atomic E-state index is 13.6. The minimum absolute atomic E-state index is 0.0547. The summed E-state index contributed by atoms with van der Waals surface area (Å²) in [5.41, 5.74) is 1.30. The zero-order valence-electron chi connectivity index (χ0n) is 18.5. The summed E-state index contributed by atoms with van der Waals surface area (Å²) in [5, 5.41) is 5.75. The van der Waals surface area contributed by atoms with Gasteiger partial charge in [-0.05, 0) is 56.0 Å². The summed E-state index contributed by atoms with van der Waals surface area (Å²) in [6.07, 6.45) is -2.96. The number of hydrogen-bond donors (Lipinski definition) is 2. The summed E-state index contributed by atoms with van der Waals surface area (Å²) in [6.45, 7) is 7.94. The van der Waals surface area contributed by atoms with Crippen molar-refractivity contribution in [1.29, 1.82) is 0 Å². The number of nitrogens with zero attached hydrogens (tertiary/aromatic N) is 2. The average molecular weight is 445 g/mol. The zero-order chi connectivity index (χ0) is 23.3. The van der Waals surface area contributed by atoms with E-state index in [4.69, 9.17) is 4.74 Å². The molecule has 1 aromatic heterocycles. The molecule has 170 valence electrons. The monoisotopic (exact) mass is 444 g/mol. The number of benzene rings is 2. The summed E-state index contributed by atoms with van der Waals surface area (Å²) in [5.74, 6) is 0.560. The van der Waals surface area contributed by atoms with Crippen LogP contribution in [0.2, 0.25) is 0 Å². The van der Waals surface area contributed by atoms with Gasteiger partial charge in [-0.1, -0.05) is 38.1 Å². The van der Waals surface area contributed by atoms with Crippen LogP contribution in [0.1, 0.15) is 51.2 Å². The van der Waals surface area contributed by atoms with Crippen LogP contribution in [0.3, 0.4) is 0 Å². The van der Waals surface area contributed by atoms with Crippen LogP contribution in [-0.2, 0) is 6.18 Å². The summed E-state index contributed by atoms with van der Waals surface area (Å²) in [7, 11) is 0. The van der Waals surface area contributed by atoms with Crippen LogP contribution in [0.25, 0.3) is 0 Å². The maximum Gasteiger partial charge on any atom is 0.421 e. The Labute approximate surface area is 186 Å². The van der Waals surface area contributed by atoms with Crippen LogP contribution in [0, 0.1) is 0 Å². The summed E-state index contributed by atoms with van der Waals surface area (Å²) >= 11 is 0. The van der Waals surface area contributed by atoms with Crippen molar-refractivity contribution in [3.05, 3.63) is 65.9 Å².